The standard InChI is InChI=1S/C23H29BN4O7S/c1-25-19(29)7-9-21(30)33-12-15-2-4-16(5-3-15)22(31)26-18-10-11-28(23(32)27-18)20-8-6-17(35-20)13-34-36-14-24/h2-5,10-11,17,20H,6-9,12-14,24H2,1H3,(H,25,29)(H,26,27,31,32)/t17-,20+/m0/s1/i24TD. The van der Waals surface area contributed by atoms with Crippen LogP contribution in [0.2, 0.25) is 0 Å². The highest BCUT2D eigenvalue weighted by Gasteiger charge is 2.27. The Kier molecular flexibility index (Phi) is 9.41. The number of nitrogens with zero attached hydrogens (tertiary/aromatic N) is 2. The Morgan fingerprint density at radius 2 is 2.11 bits per heavy atom. The predicted molar refractivity (Wildman–Crippen MR) is 136 cm³/mol. The molecule has 11 nitrogen and oxygen atoms in total. The summed E-state index contributed by atoms with van der Waals surface area (Å²) < 4.78 is 32.0. The molecule has 2 aromatic rings. The lowest BCUT2D eigenvalue weighted by Crippen LogP contribution is -2.28. The first-order chi connectivity index (χ1) is 18.2. The molecule has 0 unspecified atom stereocenters. The fraction of sp³-hybridized carbons (Fsp3) is 0.435. The molecule has 2 amide bonds. The topological polar surface area (TPSA) is 138 Å². The van der Waals surface area contributed by atoms with Gasteiger partial charge in [0.05, 0.1) is 19.1 Å². The van der Waals surface area contributed by atoms with Gasteiger partial charge in [0.25, 0.3) is 5.91 Å². The van der Waals surface area contributed by atoms with Gasteiger partial charge in [0, 0.05) is 25.2 Å². The minimum atomic E-state index is -0.954. The zero-order chi connectivity index (χ0) is 27.5. The van der Waals surface area contributed by atoms with Gasteiger partial charge in [-0.3, -0.25) is 19.0 Å². The maximum atomic E-state index is 12.6. The van der Waals surface area contributed by atoms with Crippen LogP contribution < -0.4 is 16.3 Å². The van der Waals surface area contributed by atoms with Crippen LogP contribution in [-0.4, -0.2) is 63.2 Å². The van der Waals surface area contributed by atoms with E-state index in [9.17, 15) is 19.2 Å². The van der Waals surface area contributed by atoms with Crippen molar-refractivity contribution in [1.82, 2.24) is 14.9 Å². The van der Waals surface area contributed by atoms with E-state index in [1.807, 2.05) is 0 Å². The van der Waals surface area contributed by atoms with Crippen molar-refractivity contribution in [3.05, 3.63) is 58.1 Å². The van der Waals surface area contributed by atoms with Crippen LogP contribution >= 0.6 is 12.0 Å². The lowest BCUT2D eigenvalue weighted by atomic mass is 10.1. The predicted octanol–water partition coefficient (Wildman–Crippen LogP) is 0.998. The largest absolute Gasteiger partial charge is 0.461 e. The van der Waals surface area contributed by atoms with Crippen LogP contribution in [0.3, 0.4) is 0 Å². The molecule has 13 heteroatoms. The van der Waals surface area contributed by atoms with E-state index in [0.717, 1.165) is 12.0 Å². The second-order valence-electron chi connectivity index (χ2n) is 7.85. The third-order valence-corrected chi connectivity index (χ3v) is 5.76. The first kappa shape index (κ1) is 24.5. The summed E-state index contributed by atoms with van der Waals surface area (Å²) in [5.74, 6) is -1.10. The summed E-state index contributed by atoms with van der Waals surface area (Å²) in [5, 5.41) is 5.02. The summed E-state index contributed by atoms with van der Waals surface area (Å²) >= 11 is 1.05. The van der Waals surface area contributed by atoms with Gasteiger partial charge in [-0.1, -0.05) is 12.1 Å². The Hall–Kier alpha value is -3.16. The molecule has 1 saturated heterocycles. The van der Waals surface area contributed by atoms with Gasteiger partial charge in [0.2, 0.25) is 5.91 Å². The van der Waals surface area contributed by atoms with Crippen molar-refractivity contribution in [3.8, 4) is 0 Å². The van der Waals surface area contributed by atoms with Crippen molar-refractivity contribution in [2.75, 3.05) is 24.6 Å². The number of amides is 2. The summed E-state index contributed by atoms with van der Waals surface area (Å²) in [5.41, 5.74) is 0.677. The number of rotatable bonds is 13. The van der Waals surface area contributed by atoms with Crippen LogP contribution in [0.4, 0.5) is 5.82 Å². The number of esters is 1. The third kappa shape index (κ3) is 8.21. The average molecular weight is 519 g/mol. The Morgan fingerprint density at radius 1 is 1.31 bits per heavy atom. The number of carbonyl (C=O) groups excluding carboxylic acids is 3. The molecule has 36 heavy (non-hydrogen) atoms. The highest BCUT2D eigenvalue weighted by molar-refractivity contribution is 7.95. The van der Waals surface area contributed by atoms with Crippen LogP contribution in [0.15, 0.2) is 41.3 Å². The number of benzene rings is 1. The lowest BCUT2D eigenvalue weighted by molar-refractivity contribution is -0.146. The van der Waals surface area contributed by atoms with Gasteiger partial charge in [-0.15, -0.1) is 0 Å². The molecular weight excluding hydrogens is 487 g/mol. The molecule has 0 bridgehead atoms. The molecule has 3 rings (SSSR count). The van der Waals surface area contributed by atoms with Crippen molar-refractivity contribution in [3.63, 3.8) is 0 Å². The molecule has 1 aliphatic rings. The molecular formula is C23H29BN4O7S. The molecule has 0 aliphatic carbocycles. The smallest absolute Gasteiger partial charge is 0.351 e. The summed E-state index contributed by atoms with van der Waals surface area (Å²) in [6.45, 7) is 0.309. The summed E-state index contributed by atoms with van der Waals surface area (Å²) in [4.78, 5) is 52.0. The fourth-order valence-electron chi connectivity index (χ4n) is 3.41. The Bertz CT molecular complexity index is 1170. The number of hydrogen-bond acceptors (Lipinski definition) is 9. The van der Waals surface area contributed by atoms with Gasteiger partial charge in [0.1, 0.15) is 26.4 Å². The lowest BCUT2D eigenvalue weighted by Gasteiger charge is -2.16. The van der Waals surface area contributed by atoms with E-state index in [0.29, 0.717) is 30.6 Å². The van der Waals surface area contributed by atoms with Crippen molar-refractivity contribution >= 4 is 43.4 Å². The molecule has 1 fully saturated rings. The molecule has 2 atom stereocenters. The first-order valence-corrected chi connectivity index (χ1v) is 12.3. The minimum absolute atomic E-state index is 0.0140. The average Bonchev–Trinajstić information content (AvgIpc) is 3.37. The Labute approximate surface area is 216 Å². The summed E-state index contributed by atoms with van der Waals surface area (Å²) in [6.07, 6.45) is 2.13. The van der Waals surface area contributed by atoms with Gasteiger partial charge >= 0.3 is 11.7 Å². The molecule has 0 radical (unpaired) electrons. The number of nitrogens with one attached hydrogen (secondary N) is 2. The highest BCUT2D eigenvalue weighted by Crippen LogP contribution is 2.28. The van der Waals surface area contributed by atoms with Gasteiger partial charge < -0.3 is 24.3 Å². The molecule has 192 valence electrons. The van der Waals surface area contributed by atoms with E-state index in [-0.39, 0.29) is 42.9 Å². The number of aromatic nitrogens is 2. The summed E-state index contributed by atoms with van der Waals surface area (Å²) in [6, 6.07) is 7.91. The molecule has 1 aromatic carbocycles. The SMILES string of the molecule is [2H]B([3H])CSOC[C@@H]1CC[C@H](n2ccc(NC(=O)c3ccc(COC(=O)CCC(=O)NC)cc3)nc2=O)O1. The maximum absolute atomic E-state index is 12.6. The van der Waals surface area contributed by atoms with E-state index in [1.54, 1.807) is 24.3 Å². The van der Waals surface area contributed by atoms with Crippen LogP contribution in [0.1, 0.15) is 47.8 Å². The zero-order valence-electron chi connectivity index (χ0n) is 21.8. The van der Waals surface area contributed by atoms with Crippen molar-refractivity contribution in [1.29, 1.82) is 2.67 Å². The fourth-order valence-corrected chi connectivity index (χ4v) is 3.75. The number of hydrogen-bond donors (Lipinski definition) is 2. The first-order valence-electron chi connectivity index (χ1n) is 12.5. The molecule has 2 N–H and O–H groups in total. The number of ether oxygens (including phenoxy) is 2. The van der Waals surface area contributed by atoms with E-state index in [1.165, 1.54) is 23.9 Å². The van der Waals surface area contributed by atoms with E-state index in [2.05, 4.69) is 15.6 Å². The van der Waals surface area contributed by atoms with Gasteiger partial charge in [-0.25, -0.2) is 4.79 Å². The van der Waals surface area contributed by atoms with Gasteiger partial charge in [-0.05, 0) is 57.0 Å². The van der Waals surface area contributed by atoms with Crippen LogP contribution in [0.5, 0.6) is 0 Å². The second-order valence-corrected chi connectivity index (χ2v) is 8.65. The third-order valence-electron chi connectivity index (χ3n) is 5.32. The molecule has 1 aliphatic heterocycles. The molecule has 0 spiro atoms. The quantitative estimate of drug-likeness (QED) is 0.172. The van der Waals surface area contributed by atoms with Crippen LogP contribution in [0.25, 0.3) is 0 Å². The van der Waals surface area contributed by atoms with Crippen LogP contribution in [0, 0.1) is 0 Å². The maximum Gasteiger partial charge on any atom is 0.351 e. The normalized spacial score (nSPS) is 17.6. The van der Waals surface area contributed by atoms with Crippen molar-refractivity contribution < 1.29 is 28.0 Å². The summed E-state index contributed by atoms with van der Waals surface area (Å²) in [7, 11) is 0.539. The number of anilines is 1. The number of carbonyl (C=O) groups is 3. The van der Waals surface area contributed by atoms with E-state index < -0.39 is 31.6 Å². The molecule has 0 saturated carbocycles. The highest BCUT2D eigenvalue weighted by atomic mass is 32.2. The van der Waals surface area contributed by atoms with Gasteiger partial charge in [-0.2, -0.15) is 4.98 Å². The van der Waals surface area contributed by atoms with E-state index >= 15 is 0 Å². The van der Waals surface area contributed by atoms with Crippen LogP contribution in [-0.2, 0) is 29.9 Å². The minimum Gasteiger partial charge on any atom is -0.461 e. The second kappa shape index (κ2) is 13.8. The Morgan fingerprint density at radius 3 is 2.83 bits per heavy atom. The molecule has 2 heterocycles. The van der Waals surface area contributed by atoms with E-state index in [4.69, 9.17) is 16.3 Å². The van der Waals surface area contributed by atoms with Crippen molar-refractivity contribution in [2.24, 2.45) is 0 Å². The molecule has 1 aromatic heterocycles. The van der Waals surface area contributed by atoms with Crippen molar-refractivity contribution in [2.45, 2.75) is 44.6 Å². The Balaban J connectivity index is 1.47. The van der Waals surface area contributed by atoms with Gasteiger partial charge in [0.15, 0.2) is 0 Å². The zero-order valence-corrected chi connectivity index (χ0v) is 20.6. The monoisotopic (exact) mass is 519 g/mol.